The molecule has 5 nitrogen and oxygen atoms in total. The average molecular weight is 358 g/mol. The molecule has 1 atom stereocenters. The second-order valence-electron chi connectivity index (χ2n) is 7.06. The third-order valence-corrected chi connectivity index (χ3v) is 5.51. The zero-order chi connectivity index (χ0) is 18.2. The maximum absolute atomic E-state index is 14.9. The van der Waals surface area contributed by atoms with Crippen LogP contribution in [0, 0.1) is 5.41 Å². The summed E-state index contributed by atoms with van der Waals surface area (Å²) in [5.41, 5.74) is -0.745. The number of nitrogens with zero attached hydrogens (tertiary/aromatic N) is 4. The van der Waals surface area contributed by atoms with Gasteiger partial charge in [-0.25, -0.2) is 13.8 Å². The second-order valence-corrected chi connectivity index (χ2v) is 7.06. The molecule has 2 aromatic heterocycles. The number of rotatable bonds is 2. The standard InChI is InChI=1S/C19H20F2N4O/c20-19(21)7-12-25(17(26)15-4-9-22-10-5-15)14-18(19)6-11-24(13-18)16-3-1-2-8-23-16/h1-5,8-10H,6-7,11-14H2. The molecule has 2 fully saturated rings. The Bertz CT molecular complexity index is 787. The van der Waals surface area contributed by atoms with Crippen LogP contribution in [0.3, 0.4) is 0 Å². The van der Waals surface area contributed by atoms with Crippen molar-refractivity contribution in [1.29, 1.82) is 0 Å². The van der Waals surface area contributed by atoms with E-state index in [0.717, 1.165) is 0 Å². The minimum atomic E-state index is -2.80. The number of piperidine rings is 1. The van der Waals surface area contributed by atoms with E-state index in [1.165, 1.54) is 0 Å². The maximum Gasteiger partial charge on any atom is 0.258 e. The lowest BCUT2D eigenvalue weighted by Gasteiger charge is -2.45. The van der Waals surface area contributed by atoms with Gasteiger partial charge in [-0.2, -0.15) is 0 Å². The molecule has 4 rings (SSSR count). The van der Waals surface area contributed by atoms with Crippen LogP contribution in [-0.2, 0) is 0 Å². The number of likely N-dealkylation sites (tertiary alicyclic amines) is 1. The highest BCUT2D eigenvalue weighted by molar-refractivity contribution is 5.94. The first-order valence-electron chi connectivity index (χ1n) is 8.74. The highest BCUT2D eigenvalue weighted by atomic mass is 19.3. The molecule has 1 spiro atoms. The van der Waals surface area contributed by atoms with Gasteiger partial charge in [0.1, 0.15) is 5.82 Å². The van der Waals surface area contributed by atoms with Crippen LogP contribution in [0.5, 0.6) is 0 Å². The summed E-state index contributed by atoms with van der Waals surface area (Å²) in [7, 11) is 0. The van der Waals surface area contributed by atoms with Gasteiger partial charge in [0.15, 0.2) is 0 Å². The van der Waals surface area contributed by atoms with E-state index in [2.05, 4.69) is 9.97 Å². The van der Waals surface area contributed by atoms with E-state index in [4.69, 9.17) is 0 Å². The van der Waals surface area contributed by atoms with Crippen molar-refractivity contribution in [2.75, 3.05) is 31.1 Å². The first-order chi connectivity index (χ1) is 12.5. The SMILES string of the molecule is O=C(c1ccncc1)N1CCC(F)(F)C2(CCN(c3ccccn3)C2)C1. The number of pyridine rings is 2. The zero-order valence-corrected chi connectivity index (χ0v) is 14.3. The quantitative estimate of drug-likeness (QED) is 0.828. The summed E-state index contributed by atoms with van der Waals surface area (Å²) in [5, 5.41) is 0. The van der Waals surface area contributed by atoms with Crippen LogP contribution in [0.4, 0.5) is 14.6 Å². The highest BCUT2D eigenvalue weighted by Crippen LogP contribution is 2.50. The van der Waals surface area contributed by atoms with Gasteiger partial charge in [-0.3, -0.25) is 9.78 Å². The normalized spacial score (nSPS) is 24.8. The molecule has 0 aromatic carbocycles. The number of carbonyl (C=O) groups excluding carboxylic acids is 1. The highest BCUT2D eigenvalue weighted by Gasteiger charge is 2.60. The van der Waals surface area contributed by atoms with E-state index in [9.17, 15) is 13.6 Å². The van der Waals surface area contributed by atoms with Crippen molar-refractivity contribution in [3.8, 4) is 0 Å². The van der Waals surface area contributed by atoms with E-state index in [-0.39, 0.29) is 32.0 Å². The molecule has 2 aromatic rings. The second kappa shape index (κ2) is 6.30. The topological polar surface area (TPSA) is 49.3 Å². The Morgan fingerprint density at radius 3 is 2.54 bits per heavy atom. The van der Waals surface area contributed by atoms with Crippen LogP contribution in [0.1, 0.15) is 23.2 Å². The lowest BCUT2D eigenvalue weighted by atomic mass is 9.75. The van der Waals surface area contributed by atoms with Gasteiger partial charge < -0.3 is 9.80 Å². The average Bonchev–Trinajstić information content (AvgIpc) is 3.11. The van der Waals surface area contributed by atoms with Gasteiger partial charge in [-0.1, -0.05) is 6.07 Å². The number of alkyl halides is 2. The van der Waals surface area contributed by atoms with E-state index in [1.54, 1.807) is 41.7 Å². The molecule has 0 N–H and O–H groups in total. The van der Waals surface area contributed by atoms with Crippen LogP contribution in [0.25, 0.3) is 0 Å². The summed E-state index contributed by atoms with van der Waals surface area (Å²) in [6.07, 6.45) is 4.79. The zero-order valence-electron chi connectivity index (χ0n) is 14.3. The van der Waals surface area contributed by atoms with E-state index < -0.39 is 11.3 Å². The molecule has 4 heterocycles. The minimum Gasteiger partial charge on any atom is -0.356 e. The number of aromatic nitrogens is 2. The van der Waals surface area contributed by atoms with Crippen molar-refractivity contribution < 1.29 is 13.6 Å². The molecular formula is C19H20F2N4O. The lowest BCUT2D eigenvalue weighted by molar-refractivity contribution is -0.150. The Labute approximate surface area is 150 Å². The van der Waals surface area contributed by atoms with Gasteiger partial charge >= 0.3 is 0 Å². The van der Waals surface area contributed by atoms with Gasteiger partial charge in [0.2, 0.25) is 0 Å². The first-order valence-corrected chi connectivity index (χ1v) is 8.74. The fourth-order valence-corrected chi connectivity index (χ4v) is 3.99. The van der Waals surface area contributed by atoms with Crippen molar-refractivity contribution in [3.63, 3.8) is 0 Å². The largest absolute Gasteiger partial charge is 0.356 e. The Hall–Kier alpha value is -2.57. The fraction of sp³-hybridized carbons (Fsp3) is 0.421. The maximum atomic E-state index is 14.9. The summed E-state index contributed by atoms with van der Waals surface area (Å²) >= 11 is 0. The van der Waals surface area contributed by atoms with Crippen molar-refractivity contribution in [3.05, 3.63) is 54.5 Å². The molecule has 2 aliphatic heterocycles. The molecule has 1 unspecified atom stereocenters. The predicted octanol–water partition coefficient (Wildman–Crippen LogP) is 2.85. The number of halogens is 2. The number of amides is 1. The third kappa shape index (κ3) is 2.81. The van der Waals surface area contributed by atoms with Crippen LogP contribution < -0.4 is 4.90 Å². The molecule has 0 bridgehead atoms. The van der Waals surface area contributed by atoms with Crippen LogP contribution in [-0.4, -0.2) is 52.9 Å². The Kier molecular flexibility index (Phi) is 4.09. The van der Waals surface area contributed by atoms with E-state index >= 15 is 0 Å². The Morgan fingerprint density at radius 2 is 1.81 bits per heavy atom. The molecule has 2 aliphatic rings. The van der Waals surface area contributed by atoms with Crippen molar-refractivity contribution in [2.24, 2.45) is 5.41 Å². The molecule has 0 radical (unpaired) electrons. The molecule has 7 heteroatoms. The Morgan fingerprint density at radius 1 is 1.00 bits per heavy atom. The number of hydrogen-bond acceptors (Lipinski definition) is 4. The summed E-state index contributed by atoms with van der Waals surface area (Å²) in [4.78, 5) is 24.4. The monoisotopic (exact) mass is 358 g/mol. The van der Waals surface area contributed by atoms with Crippen molar-refractivity contribution >= 4 is 11.7 Å². The number of hydrogen-bond donors (Lipinski definition) is 0. The predicted molar refractivity (Wildman–Crippen MR) is 93.2 cm³/mol. The molecular weight excluding hydrogens is 338 g/mol. The first kappa shape index (κ1) is 16.9. The summed E-state index contributed by atoms with van der Waals surface area (Å²) < 4.78 is 29.8. The summed E-state index contributed by atoms with van der Waals surface area (Å²) in [5.74, 6) is -2.30. The van der Waals surface area contributed by atoms with Gasteiger partial charge in [0.05, 0.1) is 5.41 Å². The Balaban J connectivity index is 1.57. The number of carbonyl (C=O) groups is 1. The van der Waals surface area contributed by atoms with Gasteiger partial charge in [0.25, 0.3) is 11.8 Å². The lowest BCUT2D eigenvalue weighted by Crippen LogP contribution is -2.58. The van der Waals surface area contributed by atoms with Crippen molar-refractivity contribution in [2.45, 2.75) is 18.8 Å². The van der Waals surface area contributed by atoms with Gasteiger partial charge in [-0.05, 0) is 30.7 Å². The van der Waals surface area contributed by atoms with Crippen LogP contribution in [0.15, 0.2) is 48.9 Å². The third-order valence-electron chi connectivity index (χ3n) is 5.51. The van der Waals surface area contributed by atoms with E-state index in [0.29, 0.717) is 24.3 Å². The molecule has 0 saturated carbocycles. The van der Waals surface area contributed by atoms with Crippen LogP contribution >= 0.6 is 0 Å². The van der Waals surface area contributed by atoms with Crippen LogP contribution in [0.2, 0.25) is 0 Å². The number of anilines is 1. The minimum absolute atomic E-state index is 0.0600. The molecule has 26 heavy (non-hydrogen) atoms. The molecule has 136 valence electrons. The molecule has 0 aliphatic carbocycles. The fourth-order valence-electron chi connectivity index (χ4n) is 3.99. The smallest absolute Gasteiger partial charge is 0.258 e. The van der Waals surface area contributed by atoms with Gasteiger partial charge in [-0.15, -0.1) is 0 Å². The summed E-state index contributed by atoms with van der Waals surface area (Å²) in [6, 6.07) is 8.73. The van der Waals surface area contributed by atoms with Gasteiger partial charge in [0, 0.05) is 56.8 Å². The molecule has 1 amide bonds. The summed E-state index contributed by atoms with van der Waals surface area (Å²) in [6.45, 7) is 0.852. The van der Waals surface area contributed by atoms with Crippen molar-refractivity contribution in [1.82, 2.24) is 14.9 Å². The molecule has 2 saturated heterocycles. The van der Waals surface area contributed by atoms with E-state index in [1.807, 2.05) is 17.0 Å².